The molecule has 0 N–H and O–H groups in total. The summed E-state index contributed by atoms with van der Waals surface area (Å²) in [6.45, 7) is 6.31. The number of rotatable bonds is 51. The van der Waals surface area contributed by atoms with Gasteiger partial charge in [0.25, 0.3) is 0 Å². The molecule has 0 bridgehead atoms. The van der Waals surface area contributed by atoms with Crippen molar-refractivity contribution < 1.29 is 28.6 Å². The first kappa shape index (κ1) is 68.3. The molecule has 0 aliphatic heterocycles. The largest absolute Gasteiger partial charge is 0.462 e. The maximum atomic E-state index is 12.9. The minimum absolute atomic E-state index is 0.112. The molecule has 0 saturated heterocycles. The average molecular weight is 1010 g/mol. The van der Waals surface area contributed by atoms with E-state index in [2.05, 4.69) is 167 Å². The maximum Gasteiger partial charge on any atom is 0.306 e. The zero-order chi connectivity index (χ0) is 52.9. The summed E-state index contributed by atoms with van der Waals surface area (Å²) in [6.07, 6.45) is 85.5. The number of esters is 3. The minimum Gasteiger partial charge on any atom is -0.462 e. The van der Waals surface area contributed by atoms with Gasteiger partial charge in [0.05, 0.1) is 0 Å². The molecule has 6 heteroatoms. The van der Waals surface area contributed by atoms with Crippen molar-refractivity contribution in [2.75, 3.05) is 13.2 Å². The minimum atomic E-state index is -0.815. The fourth-order valence-corrected chi connectivity index (χ4v) is 7.47. The monoisotopic (exact) mass is 1010 g/mol. The van der Waals surface area contributed by atoms with Crippen LogP contribution in [0.2, 0.25) is 0 Å². The number of hydrogen-bond donors (Lipinski definition) is 0. The molecule has 0 fully saturated rings. The lowest BCUT2D eigenvalue weighted by molar-refractivity contribution is -0.167. The van der Waals surface area contributed by atoms with Crippen molar-refractivity contribution in [2.24, 2.45) is 0 Å². The van der Waals surface area contributed by atoms with Crippen LogP contribution in [0.1, 0.15) is 239 Å². The highest BCUT2D eigenvalue weighted by Crippen LogP contribution is 2.13. The molecule has 73 heavy (non-hydrogen) atoms. The van der Waals surface area contributed by atoms with Gasteiger partial charge < -0.3 is 14.2 Å². The Balaban J connectivity index is 4.49. The van der Waals surface area contributed by atoms with Gasteiger partial charge in [-0.1, -0.05) is 224 Å². The normalized spacial score (nSPS) is 13.2. The van der Waals surface area contributed by atoms with Crippen molar-refractivity contribution in [2.45, 2.75) is 245 Å². The quantitative estimate of drug-likeness (QED) is 0.0261. The zero-order valence-corrected chi connectivity index (χ0v) is 46.8. The third kappa shape index (κ3) is 58.1. The molecule has 0 rings (SSSR count). The zero-order valence-electron chi connectivity index (χ0n) is 46.8. The van der Waals surface area contributed by atoms with Crippen LogP contribution in [0.3, 0.4) is 0 Å². The van der Waals surface area contributed by atoms with E-state index >= 15 is 0 Å². The summed E-state index contributed by atoms with van der Waals surface area (Å²) in [5, 5.41) is 0. The van der Waals surface area contributed by atoms with E-state index in [4.69, 9.17) is 14.2 Å². The number of ether oxygens (including phenoxy) is 3. The van der Waals surface area contributed by atoms with Crippen LogP contribution in [0.4, 0.5) is 0 Å². The molecule has 0 aliphatic carbocycles. The SMILES string of the molecule is CC/C=C\C/C=C\C/C=C\C/C=C\C/C=C\C/C=C\CCCCCCC(=O)OCC(COC(=O)CCCCC/C=C\C/C=C\C/C=C\CC)OC(=O)CCCCCCCC/C=C\C/C=C\C/C=C\CCCCC. The number of hydrogen-bond acceptors (Lipinski definition) is 6. The Bertz CT molecular complexity index is 1630. The first-order chi connectivity index (χ1) is 36.0. The second-order valence-electron chi connectivity index (χ2n) is 18.8. The van der Waals surface area contributed by atoms with Crippen molar-refractivity contribution in [1.82, 2.24) is 0 Å². The van der Waals surface area contributed by atoms with Crippen LogP contribution >= 0.6 is 0 Å². The third-order valence-electron chi connectivity index (χ3n) is 11.8. The standard InChI is InChI=1S/C67H106O6/c1-4-7-10-13-16-19-22-25-27-29-31-32-33-34-36-37-39-42-45-48-51-54-57-60-66(69)72-63-64(62-71-65(68)59-56-53-50-47-44-41-24-21-18-15-12-9-6-3)73-67(70)61-58-55-52-49-46-43-40-38-35-30-28-26-23-20-17-14-11-8-5-2/h7,9-10,12,16-21,25-28,31-32,34-36,38-39,41-42,44,64H,4-6,8,11,13-15,22-24,29-30,33,37,40,43,45-63H2,1-3H3/b10-7-,12-9-,19-16-,20-17-,21-18-,27-25-,28-26-,32-31-,36-34-,38-35-,42-39-,44-41-. The van der Waals surface area contributed by atoms with E-state index in [9.17, 15) is 14.4 Å². The molecule has 0 spiro atoms. The van der Waals surface area contributed by atoms with Crippen LogP contribution in [0.5, 0.6) is 0 Å². The van der Waals surface area contributed by atoms with E-state index in [0.717, 1.165) is 161 Å². The van der Waals surface area contributed by atoms with E-state index in [1.165, 1.54) is 38.5 Å². The van der Waals surface area contributed by atoms with E-state index < -0.39 is 6.10 Å². The first-order valence-electron chi connectivity index (χ1n) is 29.3. The van der Waals surface area contributed by atoms with Gasteiger partial charge in [-0.2, -0.15) is 0 Å². The average Bonchev–Trinajstić information content (AvgIpc) is 3.39. The second kappa shape index (κ2) is 59.8. The smallest absolute Gasteiger partial charge is 0.306 e. The van der Waals surface area contributed by atoms with Gasteiger partial charge in [0, 0.05) is 19.3 Å². The predicted molar refractivity (Wildman–Crippen MR) is 315 cm³/mol. The molecule has 0 aromatic carbocycles. The molecular weight excluding hydrogens is 901 g/mol. The lowest BCUT2D eigenvalue weighted by Crippen LogP contribution is -2.30. The summed E-state index contributed by atoms with van der Waals surface area (Å²) < 4.78 is 16.8. The fourth-order valence-electron chi connectivity index (χ4n) is 7.47. The molecule has 0 amide bonds. The van der Waals surface area contributed by atoms with E-state index in [0.29, 0.717) is 19.3 Å². The van der Waals surface area contributed by atoms with Crippen LogP contribution < -0.4 is 0 Å². The molecule has 0 heterocycles. The Hall–Kier alpha value is -4.71. The van der Waals surface area contributed by atoms with Crippen molar-refractivity contribution in [3.05, 3.63) is 146 Å². The predicted octanol–water partition coefficient (Wildman–Crippen LogP) is 20.0. The summed E-state index contributed by atoms with van der Waals surface area (Å²) in [6, 6.07) is 0. The number of unbranched alkanes of at least 4 members (excludes halogenated alkanes) is 16. The van der Waals surface area contributed by atoms with Crippen LogP contribution in [-0.2, 0) is 28.6 Å². The summed E-state index contributed by atoms with van der Waals surface area (Å²) >= 11 is 0. The summed E-state index contributed by atoms with van der Waals surface area (Å²) in [7, 11) is 0. The highest BCUT2D eigenvalue weighted by atomic mass is 16.6. The Kier molecular flexibility index (Phi) is 56.0. The molecule has 0 aromatic heterocycles. The van der Waals surface area contributed by atoms with Crippen molar-refractivity contribution in [1.29, 1.82) is 0 Å². The summed E-state index contributed by atoms with van der Waals surface area (Å²) in [4.78, 5) is 38.2. The molecule has 0 aliphatic rings. The van der Waals surface area contributed by atoms with Gasteiger partial charge in [-0.3, -0.25) is 14.4 Å². The summed E-state index contributed by atoms with van der Waals surface area (Å²) in [5.74, 6) is -0.983. The molecule has 1 atom stereocenters. The van der Waals surface area contributed by atoms with Crippen molar-refractivity contribution in [3.63, 3.8) is 0 Å². The lowest BCUT2D eigenvalue weighted by atomic mass is 10.1. The highest BCUT2D eigenvalue weighted by Gasteiger charge is 2.19. The molecular formula is C67H106O6. The van der Waals surface area contributed by atoms with Crippen LogP contribution in [0, 0.1) is 0 Å². The first-order valence-corrected chi connectivity index (χ1v) is 29.3. The third-order valence-corrected chi connectivity index (χ3v) is 11.8. The van der Waals surface area contributed by atoms with E-state index in [1.807, 2.05) is 0 Å². The van der Waals surface area contributed by atoms with Gasteiger partial charge in [0.15, 0.2) is 6.10 Å². The number of allylic oxidation sites excluding steroid dienone is 24. The fraction of sp³-hybridized carbons (Fsp3) is 0.597. The van der Waals surface area contributed by atoms with Crippen LogP contribution in [0.25, 0.3) is 0 Å². The second-order valence-corrected chi connectivity index (χ2v) is 18.8. The molecule has 410 valence electrons. The van der Waals surface area contributed by atoms with Crippen molar-refractivity contribution in [3.8, 4) is 0 Å². The molecule has 0 aromatic rings. The Morgan fingerprint density at radius 3 is 0.849 bits per heavy atom. The Labute approximate surface area is 448 Å². The van der Waals surface area contributed by atoms with E-state index in [1.54, 1.807) is 0 Å². The van der Waals surface area contributed by atoms with Crippen LogP contribution in [-0.4, -0.2) is 37.2 Å². The highest BCUT2D eigenvalue weighted by molar-refractivity contribution is 5.71. The maximum absolute atomic E-state index is 12.9. The topological polar surface area (TPSA) is 78.9 Å². The number of carbonyl (C=O) groups is 3. The molecule has 0 radical (unpaired) electrons. The van der Waals surface area contributed by atoms with Gasteiger partial charge in [-0.25, -0.2) is 0 Å². The number of carbonyl (C=O) groups excluding carboxylic acids is 3. The van der Waals surface area contributed by atoms with Gasteiger partial charge in [-0.05, 0) is 141 Å². The molecule has 1 unspecified atom stereocenters. The summed E-state index contributed by atoms with van der Waals surface area (Å²) in [5.41, 5.74) is 0. The van der Waals surface area contributed by atoms with Gasteiger partial charge in [0.2, 0.25) is 0 Å². The van der Waals surface area contributed by atoms with Gasteiger partial charge >= 0.3 is 17.9 Å². The van der Waals surface area contributed by atoms with Gasteiger partial charge in [-0.15, -0.1) is 0 Å². The Morgan fingerprint density at radius 1 is 0.288 bits per heavy atom. The Morgan fingerprint density at radius 2 is 0.534 bits per heavy atom. The molecule has 0 saturated carbocycles. The van der Waals surface area contributed by atoms with Crippen molar-refractivity contribution >= 4 is 17.9 Å². The van der Waals surface area contributed by atoms with E-state index in [-0.39, 0.29) is 31.1 Å². The van der Waals surface area contributed by atoms with Gasteiger partial charge in [0.1, 0.15) is 13.2 Å². The lowest BCUT2D eigenvalue weighted by Gasteiger charge is -2.18. The van der Waals surface area contributed by atoms with Crippen LogP contribution in [0.15, 0.2) is 146 Å². The molecule has 6 nitrogen and oxygen atoms in total.